The lowest BCUT2D eigenvalue weighted by Gasteiger charge is -2.04. The second kappa shape index (κ2) is 4.27. The number of hydrogen-bond donors (Lipinski definition) is 0. The van der Waals surface area contributed by atoms with Crippen molar-refractivity contribution < 1.29 is 14.5 Å². The minimum atomic E-state index is -0.774. The summed E-state index contributed by atoms with van der Waals surface area (Å²) in [5.41, 5.74) is -0.0161. The van der Waals surface area contributed by atoms with E-state index in [1.165, 1.54) is 12.1 Å². The van der Waals surface area contributed by atoms with E-state index in [0.29, 0.717) is 5.56 Å². The van der Waals surface area contributed by atoms with Crippen LogP contribution in [0.4, 0.5) is 5.69 Å². The summed E-state index contributed by atoms with van der Waals surface area (Å²) in [5, 5.41) is 10.7. The number of carbonyl (C=O) groups excluding carboxylic acids is 1. The van der Waals surface area contributed by atoms with Crippen molar-refractivity contribution in [2.75, 3.05) is 7.11 Å². The first-order chi connectivity index (χ1) is 6.99. The van der Waals surface area contributed by atoms with E-state index in [2.05, 4.69) is 4.74 Å². The van der Waals surface area contributed by atoms with E-state index in [1.54, 1.807) is 6.92 Å². The standard InChI is InChI=1S/C9H8ClNO4/c1-5-3-4-6(9(12)15-2)8(7(5)10)11(13)14/h3-4H,1-2H3. The molecule has 1 rings (SSSR count). The van der Waals surface area contributed by atoms with E-state index in [4.69, 9.17) is 11.6 Å². The Morgan fingerprint density at radius 1 is 1.53 bits per heavy atom. The number of hydrogen-bond acceptors (Lipinski definition) is 4. The fraction of sp³-hybridized carbons (Fsp3) is 0.222. The first kappa shape index (κ1) is 11.5. The summed E-state index contributed by atoms with van der Waals surface area (Å²) >= 11 is 5.74. The zero-order chi connectivity index (χ0) is 11.6. The predicted octanol–water partition coefficient (Wildman–Crippen LogP) is 2.34. The third-order valence-electron chi connectivity index (χ3n) is 1.90. The van der Waals surface area contributed by atoms with Gasteiger partial charge < -0.3 is 4.74 Å². The van der Waals surface area contributed by atoms with Crippen LogP contribution in [0.5, 0.6) is 0 Å². The molecule has 0 aliphatic heterocycles. The van der Waals surface area contributed by atoms with E-state index in [9.17, 15) is 14.9 Å². The van der Waals surface area contributed by atoms with Crippen molar-refractivity contribution in [2.45, 2.75) is 6.92 Å². The molecule has 15 heavy (non-hydrogen) atoms. The van der Waals surface area contributed by atoms with E-state index in [1.807, 2.05) is 0 Å². The summed E-state index contributed by atoms with van der Waals surface area (Å²) in [6.45, 7) is 1.62. The number of rotatable bonds is 2. The van der Waals surface area contributed by atoms with Crippen LogP contribution in [-0.4, -0.2) is 18.0 Å². The summed E-state index contributed by atoms with van der Waals surface area (Å²) in [4.78, 5) is 21.3. The molecule has 0 saturated heterocycles. The highest BCUT2D eigenvalue weighted by Gasteiger charge is 2.25. The molecule has 0 aliphatic rings. The maximum absolute atomic E-state index is 11.2. The average molecular weight is 230 g/mol. The molecule has 0 aliphatic carbocycles. The monoisotopic (exact) mass is 229 g/mol. The van der Waals surface area contributed by atoms with Crippen LogP contribution in [0, 0.1) is 17.0 Å². The van der Waals surface area contributed by atoms with Crippen molar-refractivity contribution in [1.29, 1.82) is 0 Å². The molecule has 0 aromatic heterocycles. The Hall–Kier alpha value is -1.62. The Bertz CT molecular complexity index is 430. The molecule has 0 saturated carbocycles. The Kier molecular flexibility index (Phi) is 3.26. The van der Waals surface area contributed by atoms with Crippen LogP contribution in [-0.2, 0) is 4.74 Å². The molecule has 0 spiro atoms. The van der Waals surface area contributed by atoms with E-state index in [0.717, 1.165) is 7.11 Å². The second-order valence-corrected chi connectivity index (χ2v) is 3.22. The number of nitro benzene ring substituents is 1. The van der Waals surface area contributed by atoms with Crippen LogP contribution in [0.15, 0.2) is 12.1 Å². The summed E-state index contributed by atoms with van der Waals surface area (Å²) in [7, 11) is 1.15. The van der Waals surface area contributed by atoms with Gasteiger partial charge in [-0.05, 0) is 18.6 Å². The molecule has 6 heteroatoms. The number of ether oxygens (including phenoxy) is 1. The number of nitro groups is 1. The van der Waals surface area contributed by atoms with Crippen molar-refractivity contribution in [3.05, 3.63) is 38.4 Å². The summed E-state index contributed by atoms with van der Waals surface area (Å²) in [6, 6.07) is 2.85. The number of benzene rings is 1. The smallest absolute Gasteiger partial charge is 0.344 e. The maximum Gasteiger partial charge on any atom is 0.344 e. The molecule has 0 amide bonds. The zero-order valence-corrected chi connectivity index (χ0v) is 8.87. The number of methoxy groups -OCH3 is 1. The molecular weight excluding hydrogens is 222 g/mol. The summed E-state index contributed by atoms with van der Waals surface area (Å²) in [5.74, 6) is -0.774. The van der Waals surface area contributed by atoms with E-state index >= 15 is 0 Å². The third-order valence-corrected chi connectivity index (χ3v) is 2.37. The Morgan fingerprint density at radius 3 is 2.60 bits per heavy atom. The second-order valence-electron chi connectivity index (χ2n) is 2.84. The molecule has 1 aromatic carbocycles. The first-order valence-corrected chi connectivity index (χ1v) is 4.38. The molecule has 80 valence electrons. The largest absolute Gasteiger partial charge is 0.465 e. The van der Waals surface area contributed by atoms with Gasteiger partial charge >= 0.3 is 11.7 Å². The molecule has 0 heterocycles. The Morgan fingerprint density at radius 2 is 2.13 bits per heavy atom. The van der Waals surface area contributed by atoms with Gasteiger partial charge in [-0.3, -0.25) is 10.1 Å². The number of carbonyl (C=O) groups is 1. The summed E-state index contributed by atoms with van der Waals surface area (Å²) in [6.07, 6.45) is 0. The number of aryl methyl sites for hydroxylation is 1. The molecule has 0 bridgehead atoms. The van der Waals surface area contributed by atoms with Crippen molar-refractivity contribution in [3.63, 3.8) is 0 Å². The summed E-state index contributed by atoms with van der Waals surface area (Å²) < 4.78 is 4.42. The predicted molar refractivity (Wildman–Crippen MR) is 54.2 cm³/mol. The van der Waals surface area contributed by atoms with Crippen LogP contribution < -0.4 is 0 Å². The van der Waals surface area contributed by atoms with Crippen molar-refractivity contribution in [3.8, 4) is 0 Å². The molecule has 0 fully saturated rings. The molecule has 5 nitrogen and oxygen atoms in total. The van der Waals surface area contributed by atoms with Crippen molar-refractivity contribution in [1.82, 2.24) is 0 Å². The molecular formula is C9H8ClNO4. The number of nitrogens with zero attached hydrogens (tertiary/aromatic N) is 1. The van der Waals surface area contributed by atoms with E-state index in [-0.39, 0.29) is 10.6 Å². The van der Waals surface area contributed by atoms with Crippen LogP contribution in [0.1, 0.15) is 15.9 Å². The van der Waals surface area contributed by atoms with Gasteiger partial charge in [-0.1, -0.05) is 17.7 Å². The fourth-order valence-corrected chi connectivity index (χ4v) is 1.35. The van der Waals surface area contributed by atoms with Crippen LogP contribution >= 0.6 is 11.6 Å². The highest BCUT2D eigenvalue weighted by atomic mass is 35.5. The lowest BCUT2D eigenvalue weighted by Crippen LogP contribution is -2.06. The van der Waals surface area contributed by atoms with Gasteiger partial charge in [0.15, 0.2) is 0 Å². The number of halogens is 1. The quantitative estimate of drug-likeness (QED) is 0.443. The molecule has 0 radical (unpaired) electrons. The molecule has 1 aromatic rings. The van der Waals surface area contributed by atoms with Gasteiger partial charge in [-0.25, -0.2) is 4.79 Å². The Labute approximate surface area is 90.8 Å². The van der Waals surface area contributed by atoms with Crippen molar-refractivity contribution in [2.24, 2.45) is 0 Å². The lowest BCUT2D eigenvalue weighted by atomic mass is 10.1. The van der Waals surface area contributed by atoms with Gasteiger partial charge in [0, 0.05) is 0 Å². The SMILES string of the molecule is COC(=O)c1ccc(C)c(Cl)c1[N+](=O)[O-]. The van der Waals surface area contributed by atoms with Crippen LogP contribution in [0.2, 0.25) is 5.02 Å². The average Bonchev–Trinajstić information content (AvgIpc) is 2.20. The highest BCUT2D eigenvalue weighted by molar-refractivity contribution is 6.34. The lowest BCUT2D eigenvalue weighted by molar-refractivity contribution is -0.385. The van der Waals surface area contributed by atoms with Gasteiger partial charge in [-0.2, -0.15) is 0 Å². The molecule has 0 N–H and O–H groups in total. The van der Waals surface area contributed by atoms with Gasteiger partial charge in [0.25, 0.3) is 0 Å². The van der Waals surface area contributed by atoms with Crippen LogP contribution in [0.25, 0.3) is 0 Å². The van der Waals surface area contributed by atoms with Crippen LogP contribution in [0.3, 0.4) is 0 Å². The molecule has 0 unspecified atom stereocenters. The number of esters is 1. The minimum Gasteiger partial charge on any atom is -0.465 e. The van der Waals surface area contributed by atoms with Crippen molar-refractivity contribution >= 4 is 23.3 Å². The third kappa shape index (κ3) is 2.07. The fourth-order valence-electron chi connectivity index (χ4n) is 1.12. The Balaban J connectivity index is 3.46. The zero-order valence-electron chi connectivity index (χ0n) is 8.11. The normalized spacial score (nSPS) is 9.80. The topological polar surface area (TPSA) is 69.4 Å². The first-order valence-electron chi connectivity index (χ1n) is 4.00. The van der Waals surface area contributed by atoms with Gasteiger partial charge in [-0.15, -0.1) is 0 Å². The minimum absolute atomic E-state index is 0.0390. The van der Waals surface area contributed by atoms with Gasteiger partial charge in [0.1, 0.15) is 10.6 Å². The maximum atomic E-state index is 11.2. The van der Waals surface area contributed by atoms with Gasteiger partial charge in [0.2, 0.25) is 0 Å². The van der Waals surface area contributed by atoms with E-state index < -0.39 is 16.6 Å². The highest BCUT2D eigenvalue weighted by Crippen LogP contribution is 2.31. The molecule has 0 atom stereocenters. The van der Waals surface area contributed by atoms with Gasteiger partial charge in [0.05, 0.1) is 12.0 Å².